The molecule has 0 aliphatic heterocycles. The highest BCUT2D eigenvalue weighted by molar-refractivity contribution is 5.94. The van der Waals surface area contributed by atoms with Gasteiger partial charge in [0.2, 0.25) is 0 Å². The number of rotatable bonds is 5. The summed E-state index contributed by atoms with van der Waals surface area (Å²) in [4.78, 5) is 21.9. The van der Waals surface area contributed by atoms with Crippen LogP contribution >= 0.6 is 0 Å². The highest BCUT2D eigenvalue weighted by atomic mass is 16.5. The van der Waals surface area contributed by atoms with Gasteiger partial charge in [0.1, 0.15) is 12.3 Å². The summed E-state index contributed by atoms with van der Waals surface area (Å²) in [6, 6.07) is 0.187. The number of aliphatic hydroxyl groups is 1. The number of carbonyl (C=O) groups is 2. The number of carboxylic acids is 1. The van der Waals surface area contributed by atoms with E-state index < -0.39 is 17.9 Å². The molecule has 3 N–H and O–H groups in total. The van der Waals surface area contributed by atoms with Gasteiger partial charge < -0.3 is 20.1 Å². The quantitative estimate of drug-likeness (QED) is 0.593. The number of nitrogens with one attached hydrogen (secondary N) is 1. The van der Waals surface area contributed by atoms with Crippen molar-refractivity contribution in [3.05, 3.63) is 18.0 Å². The lowest BCUT2D eigenvalue weighted by atomic mass is 10.2. The number of hydrogen-bond acceptors (Lipinski definition) is 5. The Morgan fingerprint density at radius 3 is 2.80 bits per heavy atom. The van der Waals surface area contributed by atoms with Crippen molar-refractivity contribution in [2.75, 3.05) is 6.61 Å². The standard InChI is InChI=1S/C8H10N2O5/c11-3-1-6(8(13)14)9-7(12)5-2-4-15-10-5/h2,4,6,11H,1,3H2,(H,9,12)(H,13,14)/t6-/m0/s1. The van der Waals surface area contributed by atoms with Crippen LogP contribution in [0.3, 0.4) is 0 Å². The molecule has 1 rings (SSSR count). The summed E-state index contributed by atoms with van der Waals surface area (Å²) in [7, 11) is 0. The molecule has 0 bridgehead atoms. The SMILES string of the molecule is O=C(N[C@@H](CCO)C(=O)O)c1ccon1. The molecule has 1 amide bonds. The molecule has 82 valence electrons. The van der Waals surface area contributed by atoms with Gasteiger partial charge in [0.25, 0.3) is 5.91 Å². The fourth-order valence-corrected chi connectivity index (χ4v) is 0.948. The highest BCUT2D eigenvalue weighted by Crippen LogP contribution is 1.97. The molecule has 1 aromatic rings. The summed E-state index contributed by atoms with van der Waals surface area (Å²) in [6.07, 6.45) is 1.15. The molecule has 0 aliphatic carbocycles. The van der Waals surface area contributed by atoms with Gasteiger partial charge in [0.05, 0.1) is 0 Å². The Kier molecular flexibility index (Phi) is 3.81. The van der Waals surface area contributed by atoms with E-state index in [9.17, 15) is 9.59 Å². The number of nitrogens with zero attached hydrogens (tertiary/aromatic N) is 1. The Bertz CT molecular complexity index is 335. The van der Waals surface area contributed by atoms with Crippen molar-refractivity contribution < 1.29 is 24.3 Å². The Balaban J connectivity index is 2.59. The first kappa shape index (κ1) is 11.2. The molecule has 0 saturated carbocycles. The summed E-state index contributed by atoms with van der Waals surface area (Å²) in [5, 5.41) is 22.8. The van der Waals surface area contributed by atoms with Gasteiger partial charge in [-0.05, 0) is 0 Å². The summed E-state index contributed by atoms with van der Waals surface area (Å²) >= 11 is 0. The molecule has 1 atom stereocenters. The first-order chi connectivity index (χ1) is 7.15. The van der Waals surface area contributed by atoms with Crippen LogP contribution in [-0.4, -0.2) is 39.9 Å². The molecule has 0 aromatic carbocycles. The lowest BCUT2D eigenvalue weighted by Gasteiger charge is -2.11. The van der Waals surface area contributed by atoms with Crippen molar-refractivity contribution in [1.82, 2.24) is 10.5 Å². The largest absolute Gasteiger partial charge is 0.480 e. The molecule has 0 unspecified atom stereocenters. The van der Waals surface area contributed by atoms with Crippen molar-refractivity contribution in [1.29, 1.82) is 0 Å². The third-order valence-corrected chi connectivity index (χ3v) is 1.69. The van der Waals surface area contributed by atoms with Gasteiger partial charge in [-0.2, -0.15) is 0 Å². The van der Waals surface area contributed by atoms with Gasteiger partial charge in [-0.1, -0.05) is 5.16 Å². The average Bonchev–Trinajstić information content (AvgIpc) is 2.69. The summed E-state index contributed by atoms with van der Waals surface area (Å²) in [6.45, 7) is -0.323. The summed E-state index contributed by atoms with van der Waals surface area (Å²) < 4.78 is 4.43. The number of carbonyl (C=O) groups excluding carboxylic acids is 1. The van der Waals surface area contributed by atoms with E-state index in [-0.39, 0.29) is 18.7 Å². The summed E-state index contributed by atoms with van der Waals surface area (Å²) in [5.74, 6) is -1.86. The zero-order chi connectivity index (χ0) is 11.3. The average molecular weight is 214 g/mol. The van der Waals surface area contributed by atoms with Crippen LogP contribution in [0.25, 0.3) is 0 Å². The molecule has 0 radical (unpaired) electrons. The van der Waals surface area contributed by atoms with Crippen molar-refractivity contribution in [2.45, 2.75) is 12.5 Å². The van der Waals surface area contributed by atoms with E-state index in [4.69, 9.17) is 10.2 Å². The van der Waals surface area contributed by atoms with Gasteiger partial charge in [-0.25, -0.2) is 4.79 Å². The molecule has 0 fully saturated rings. The lowest BCUT2D eigenvalue weighted by molar-refractivity contribution is -0.139. The first-order valence-electron chi connectivity index (χ1n) is 4.20. The van der Waals surface area contributed by atoms with Crippen LogP contribution < -0.4 is 5.32 Å². The monoisotopic (exact) mass is 214 g/mol. The molecular formula is C8H10N2O5. The maximum Gasteiger partial charge on any atom is 0.326 e. The molecule has 0 spiro atoms. The van der Waals surface area contributed by atoms with Crippen LogP contribution in [0.15, 0.2) is 16.9 Å². The molecular weight excluding hydrogens is 204 g/mol. The van der Waals surface area contributed by atoms with Gasteiger partial charge in [-0.3, -0.25) is 4.79 Å². The van der Waals surface area contributed by atoms with E-state index in [2.05, 4.69) is 15.0 Å². The van der Waals surface area contributed by atoms with E-state index >= 15 is 0 Å². The molecule has 0 aliphatic rings. The number of aliphatic carboxylic acids is 1. The minimum absolute atomic E-state index is 0.000750. The topological polar surface area (TPSA) is 113 Å². The minimum atomic E-state index is -1.21. The van der Waals surface area contributed by atoms with Gasteiger partial charge in [-0.15, -0.1) is 0 Å². The molecule has 0 saturated heterocycles. The Labute approximate surface area is 84.7 Å². The minimum Gasteiger partial charge on any atom is -0.480 e. The Hall–Kier alpha value is -1.89. The highest BCUT2D eigenvalue weighted by Gasteiger charge is 2.20. The van der Waals surface area contributed by atoms with E-state index in [1.807, 2.05) is 0 Å². The van der Waals surface area contributed by atoms with Crippen molar-refractivity contribution >= 4 is 11.9 Å². The van der Waals surface area contributed by atoms with Crippen LogP contribution in [0.1, 0.15) is 16.9 Å². The second-order valence-electron chi connectivity index (χ2n) is 2.76. The number of carboxylic acid groups (broad SMARTS) is 1. The van der Waals surface area contributed by atoms with E-state index in [0.717, 1.165) is 0 Å². The molecule has 15 heavy (non-hydrogen) atoms. The molecule has 7 nitrogen and oxygen atoms in total. The van der Waals surface area contributed by atoms with E-state index in [1.54, 1.807) is 0 Å². The second kappa shape index (κ2) is 5.11. The number of aliphatic hydroxyl groups excluding tert-OH is 1. The number of aromatic nitrogens is 1. The maximum absolute atomic E-state index is 11.3. The smallest absolute Gasteiger partial charge is 0.326 e. The van der Waals surface area contributed by atoms with Crippen LogP contribution in [0.4, 0.5) is 0 Å². The third-order valence-electron chi connectivity index (χ3n) is 1.69. The van der Waals surface area contributed by atoms with Gasteiger partial charge >= 0.3 is 5.97 Å². The molecule has 1 aromatic heterocycles. The lowest BCUT2D eigenvalue weighted by Crippen LogP contribution is -2.41. The maximum atomic E-state index is 11.3. The van der Waals surface area contributed by atoms with Crippen molar-refractivity contribution in [3.8, 4) is 0 Å². The third kappa shape index (κ3) is 3.06. The van der Waals surface area contributed by atoms with E-state index in [0.29, 0.717) is 0 Å². The normalized spacial score (nSPS) is 12.1. The predicted octanol–water partition coefficient (Wildman–Crippen LogP) is -0.760. The number of hydrogen-bond donors (Lipinski definition) is 3. The van der Waals surface area contributed by atoms with Crippen LogP contribution in [0.5, 0.6) is 0 Å². The van der Waals surface area contributed by atoms with Crippen LogP contribution in [0, 0.1) is 0 Å². The Morgan fingerprint density at radius 1 is 1.60 bits per heavy atom. The zero-order valence-corrected chi connectivity index (χ0v) is 7.71. The van der Waals surface area contributed by atoms with E-state index in [1.165, 1.54) is 12.3 Å². The van der Waals surface area contributed by atoms with Crippen LogP contribution in [0.2, 0.25) is 0 Å². The Morgan fingerprint density at radius 2 is 2.33 bits per heavy atom. The van der Waals surface area contributed by atoms with Crippen molar-refractivity contribution in [2.24, 2.45) is 0 Å². The fourth-order valence-electron chi connectivity index (χ4n) is 0.948. The van der Waals surface area contributed by atoms with Gasteiger partial charge in [0.15, 0.2) is 5.69 Å². The van der Waals surface area contributed by atoms with Crippen LogP contribution in [-0.2, 0) is 4.79 Å². The van der Waals surface area contributed by atoms with Gasteiger partial charge in [0, 0.05) is 19.1 Å². The molecule has 1 heterocycles. The summed E-state index contributed by atoms with van der Waals surface area (Å²) in [5.41, 5.74) is -0.000750. The fraction of sp³-hybridized carbons (Fsp3) is 0.375. The molecule has 7 heteroatoms. The zero-order valence-electron chi connectivity index (χ0n) is 7.71. The predicted molar refractivity (Wildman–Crippen MR) is 47.1 cm³/mol. The second-order valence-corrected chi connectivity index (χ2v) is 2.76. The first-order valence-corrected chi connectivity index (χ1v) is 4.20. The van der Waals surface area contributed by atoms with Crippen molar-refractivity contribution in [3.63, 3.8) is 0 Å². The number of amides is 1.